The van der Waals surface area contributed by atoms with Gasteiger partial charge in [-0.05, 0) is 42.7 Å². The van der Waals surface area contributed by atoms with Crippen molar-refractivity contribution in [3.05, 3.63) is 29.6 Å². The summed E-state index contributed by atoms with van der Waals surface area (Å²) in [6.45, 7) is 4.83. The average molecular weight is 454 g/mol. The SMILES string of the molecule is CC1CC(C)(C)CC2(C1)NC(=O)N(CC(=O)NCC(=O)Nc1ccc(F)c(F)c1F)C2=O. The third kappa shape index (κ3) is 4.71. The Hall–Kier alpha value is -3.11. The highest BCUT2D eigenvalue weighted by Gasteiger charge is 2.56. The zero-order chi connectivity index (χ0) is 23.8. The Morgan fingerprint density at radius 3 is 2.47 bits per heavy atom. The van der Waals surface area contributed by atoms with Gasteiger partial charge in [0, 0.05) is 0 Å². The summed E-state index contributed by atoms with van der Waals surface area (Å²) in [5.41, 5.74) is -1.81. The minimum Gasteiger partial charge on any atom is -0.345 e. The number of hydrogen-bond acceptors (Lipinski definition) is 4. The summed E-state index contributed by atoms with van der Waals surface area (Å²) in [5.74, 6) is -6.67. The maximum Gasteiger partial charge on any atom is 0.325 e. The normalized spacial score (nSPS) is 24.4. The summed E-state index contributed by atoms with van der Waals surface area (Å²) in [7, 11) is 0. The molecule has 1 aliphatic heterocycles. The van der Waals surface area contributed by atoms with Gasteiger partial charge in [-0.3, -0.25) is 19.3 Å². The molecule has 5 amide bonds. The molecule has 1 aromatic carbocycles. The number of nitrogens with one attached hydrogen (secondary N) is 3. The highest BCUT2D eigenvalue weighted by Crippen LogP contribution is 2.46. The predicted molar refractivity (Wildman–Crippen MR) is 108 cm³/mol. The largest absolute Gasteiger partial charge is 0.345 e. The lowest BCUT2D eigenvalue weighted by molar-refractivity contribution is -0.137. The van der Waals surface area contributed by atoms with Crippen LogP contribution >= 0.6 is 0 Å². The number of carbonyl (C=O) groups excluding carboxylic acids is 4. The number of benzene rings is 1. The van der Waals surface area contributed by atoms with Crippen molar-refractivity contribution in [1.82, 2.24) is 15.5 Å². The second kappa shape index (κ2) is 8.44. The van der Waals surface area contributed by atoms with Gasteiger partial charge in [-0.25, -0.2) is 18.0 Å². The lowest BCUT2D eigenvalue weighted by atomic mass is 9.64. The molecule has 3 N–H and O–H groups in total. The van der Waals surface area contributed by atoms with Gasteiger partial charge < -0.3 is 16.0 Å². The van der Waals surface area contributed by atoms with Gasteiger partial charge in [-0.2, -0.15) is 0 Å². The Kier molecular flexibility index (Phi) is 6.21. The standard InChI is InChI=1S/C21H25F3N4O4/c1-11-6-20(2,3)10-21(7-11)18(31)28(19(32)27-21)9-15(30)25-8-14(29)26-13-5-4-12(22)16(23)17(13)24/h4-5,11H,6-10H2,1-3H3,(H,25,30)(H,26,29)(H,27,32). The highest BCUT2D eigenvalue weighted by molar-refractivity contribution is 6.09. The van der Waals surface area contributed by atoms with Crippen molar-refractivity contribution in [2.45, 2.75) is 45.6 Å². The number of anilines is 1. The monoisotopic (exact) mass is 454 g/mol. The average Bonchev–Trinajstić information content (AvgIpc) is 2.88. The van der Waals surface area contributed by atoms with Crippen LogP contribution < -0.4 is 16.0 Å². The van der Waals surface area contributed by atoms with Gasteiger partial charge in [0.05, 0.1) is 12.2 Å². The Morgan fingerprint density at radius 1 is 1.12 bits per heavy atom. The third-order valence-electron chi connectivity index (χ3n) is 5.68. The zero-order valence-electron chi connectivity index (χ0n) is 18.0. The van der Waals surface area contributed by atoms with Crippen LogP contribution in [0, 0.1) is 28.8 Å². The zero-order valence-corrected chi connectivity index (χ0v) is 18.0. The molecule has 8 nitrogen and oxygen atoms in total. The molecule has 1 spiro atoms. The van der Waals surface area contributed by atoms with Crippen molar-refractivity contribution in [2.75, 3.05) is 18.4 Å². The number of rotatable bonds is 5. The van der Waals surface area contributed by atoms with E-state index in [9.17, 15) is 32.3 Å². The Morgan fingerprint density at radius 2 is 1.81 bits per heavy atom. The molecule has 2 fully saturated rings. The summed E-state index contributed by atoms with van der Waals surface area (Å²) in [5, 5.41) is 6.97. The van der Waals surface area contributed by atoms with E-state index in [1.807, 2.05) is 26.1 Å². The number of halogens is 3. The molecule has 1 saturated carbocycles. The molecule has 1 aromatic rings. The molecular weight excluding hydrogens is 429 g/mol. The highest BCUT2D eigenvalue weighted by atomic mass is 19.2. The van der Waals surface area contributed by atoms with Crippen LogP contribution in [-0.2, 0) is 14.4 Å². The fourth-order valence-electron chi connectivity index (χ4n) is 4.84. The lowest BCUT2D eigenvalue weighted by Gasteiger charge is -2.43. The van der Waals surface area contributed by atoms with Crippen LogP contribution in [0.25, 0.3) is 0 Å². The summed E-state index contributed by atoms with van der Waals surface area (Å²) < 4.78 is 39.8. The summed E-state index contributed by atoms with van der Waals surface area (Å²) in [6.07, 6.45) is 1.84. The van der Waals surface area contributed by atoms with E-state index < -0.39 is 65.5 Å². The van der Waals surface area contributed by atoms with E-state index in [1.54, 1.807) is 0 Å². The van der Waals surface area contributed by atoms with Gasteiger partial charge >= 0.3 is 6.03 Å². The van der Waals surface area contributed by atoms with Crippen LogP contribution in [-0.4, -0.2) is 47.3 Å². The topological polar surface area (TPSA) is 108 Å². The fourth-order valence-corrected chi connectivity index (χ4v) is 4.84. The van der Waals surface area contributed by atoms with E-state index in [-0.39, 0.29) is 11.3 Å². The predicted octanol–water partition coefficient (Wildman–Crippen LogP) is 2.30. The minimum absolute atomic E-state index is 0.161. The minimum atomic E-state index is -1.74. The van der Waals surface area contributed by atoms with Crippen molar-refractivity contribution in [2.24, 2.45) is 11.3 Å². The molecule has 2 atom stereocenters. The third-order valence-corrected chi connectivity index (χ3v) is 5.68. The van der Waals surface area contributed by atoms with Gasteiger partial charge in [0.1, 0.15) is 12.1 Å². The molecular formula is C21H25F3N4O4. The molecule has 3 rings (SSSR count). The van der Waals surface area contributed by atoms with Crippen LogP contribution in [0.15, 0.2) is 12.1 Å². The van der Waals surface area contributed by atoms with Crippen LogP contribution in [0.3, 0.4) is 0 Å². The van der Waals surface area contributed by atoms with E-state index in [2.05, 4.69) is 10.6 Å². The van der Waals surface area contributed by atoms with Crippen LogP contribution in [0.2, 0.25) is 0 Å². The molecule has 11 heteroatoms. The Bertz CT molecular complexity index is 984. The smallest absolute Gasteiger partial charge is 0.325 e. The van der Waals surface area contributed by atoms with Gasteiger partial charge in [0.15, 0.2) is 17.5 Å². The Balaban J connectivity index is 1.57. The van der Waals surface area contributed by atoms with E-state index >= 15 is 0 Å². The summed E-state index contributed by atoms with van der Waals surface area (Å²) in [4.78, 5) is 50.4. The van der Waals surface area contributed by atoms with Crippen molar-refractivity contribution < 1.29 is 32.3 Å². The molecule has 0 bridgehead atoms. The van der Waals surface area contributed by atoms with Crippen LogP contribution in [0.1, 0.15) is 40.0 Å². The molecule has 2 aliphatic rings. The molecule has 0 radical (unpaired) electrons. The fraction of sp³-hybridized carbons (Fsp3) is 0.524. The maximum absolute atomic E-state index is 13.6. The number of carbonyl (C=O) groups is 4. The van der Waals surface area contributed by atoms with Crippen molar-refractivity contribution in [3.63, 3.8) is 0 Å². The Labute approximate surface area is 182 Å². The first-order valence-electron chi connectivity index (χ1n) is 10.2. The first-order valence-corrected chi connectivity index (χ1v) is 10.2. The number of urea groups is 1. The quantitative estimate of drug-likeness (QED) is 0.469. The van der Waals surface area contributed by atoms with Gasteiger partial charge in [0.2, 0.25) is 11.8 Å². The van der Waals surface area contributed by atoms with Crippen LogP contribution in [0.5, 0.6) is 0 Å². The molecule has 2 unspecified atom stereocenters. The van der Waals surface area contributed by atoms with Gasteiger partial charge in [0.25, 0.3) is 5.91 Å². The molecule has 174 valence electrons. The number of nitrogens with zero attached hydrogens (tertiary/aromatic N) is 1. The number of amides is 5. The second-order valence-corrected chi connectivity index (χ2v) is 9.31. The molecule has 0 aromatic heterocycles. The van der Waals surface area contributed by atoms with Gasteiger partial charge in [-0.15, -0.1) is 0 Å². The van der Waals surface area contributed by atoms with E-state index in [4.69, 9.17) is 0 Å². The second-order valence-electron chi connectivity index (χ2n) is 9.31. The van der Waals surface area contributed by atoms with Crippen molar-refractivity contribution >= 4 is 29.4 Å². The molecule has 1 aliphatic carbocycles. The summed E-state index contributed by atoms with van der Waals surface area (Å²) >= 11 is 0. The summed E-state index contributed by atoms with van der Waals surface area (Å²) in [6, 6.07) is 0.809. The van der Waals surface area contributed by atoms with E-state index in [0.29, 0.717) is 18.9 Å². The molecule has 1 heterocycles. The molecule has 32 heavy (non-hydrogen) atoms. The van der Waals surface area contributed by atoms with E-state index in [0.717, 1.165) is 17.4 Å². The number of hydrogen-bond donors (Lipinski definition) is 3. The first kappa shape index (κ1) is 23.6. The number of imide groups is 1. The van der Waals surface area contributed by atoms with Gasteiger partial charge in [-0.1, -0.05) is 20.8 Å². The van der Waals surface area contributed by atoms with Crippen LogP contribution in [0.4, 0.5) is 23.7 Å². The lowest BCUT2D eigenvalue weighted by Crippen LogP contribution is -2.54. The van der Waals surface area contributed by atoms with Crippen molar-refractivity contribution in [3.8, 4) is 0 Å². The van der Waals surface area contributed by atoms with E-state index in [1.165, 1.54) is 0 Å². The molecule has 1 saturated heterocycles. The maximum atomic E-state index is 13.6. The first-order chi connectivity index (χ1) is 14.8. The van der Waals surface area contributed by atoms with Crippen molar-refractivity contribution in [1.29, 1.82) is 0 Å².